The number of hydrogen-bond acceptors (Lipinski definition) is 5. The van der Waals surface area contributed by atoms with E-state index in [0.717, 1.165) is 36.3 Å². The number of piperidine rings is 1. The fourth-order valence-corrected chi connectivity index (χ4v) is 3.64. The third-order valence-corrected chi connectivity index (χ3v) is 5.51. The summed E-state index contributed by atoms with van der Waals surface area (Å²) >= 11 is 0. The topological polar surface area (TPSA) is 80.5 Å². The second kappa shape index (κ2) is 8.98. The van der Waals surface area contributed by atoms with Crippen LogP contribution in [0.1, 0.15) is 37.1 Å². The lowest BCUT2D eigenvalue weighted by Gasteiger charge is -2.30. The van der Waals surface area contributed by atoms with Crippen molar-refractivity contribution in [1.29, 1.82) is 0 Å². The minimum atomic E-state index is -0.0692. The molecule has 0 aliphatic carbocycles. The molecule has 0 atom stereocenters. The minimum Gasteiger partial charge on any atom is -0.497 e. The summed E-state index contributed by atoms with van der Waals surface area (Å²) in [6.45, 7) is 3.42. The number of methoxy groups -OCH3 is 1. The van der Waals surface area contributed by atoms with Gasteiger partial charge in [-0.25, -0.2) is 4.79 Å². The zero-order chi connectivity index (χ0) is 20.9. The van der Waals surface area contributed by atoms with Gasteiger partial charge in [0.2, 0.25) is 11.7 Å². The molecule has 1 saturated heterocycles. The van der Waals surface area contributed by atoms with E-state index < -0.39 is 0 Å². The fraction of sp³-hybridized carbons (Fsp3) is 0.348. The third kappa shape index (κ3) is 4.45. The molecule has 2 heterocycles. The molecular weight excluding hydrogens is 380 g/mol. The van der Waals surface area contributed by atoms with E-state index in [2.05, 4.69) is 22.4 Å². The van der Waals surface area contributed by atoms with Gasteiger partial charge in [0.25, 0.3) is 0 Å². The van der Waals surface area contributed by atoms with Crippen LogP contribution in [-0.2, 0) is 6.42 Å². The van der Waals surface area contributed by atoms with Gasteiger partial charge < -0.3 is 19.5 Å². The number of aromatic nitrogens is 2. The number of rotatable bonds is 5. The van der Waals surface area contributed by atoms with Crippen molar-refractivity contribution in [1.82, 2.24) is 15.0 Å². The molecule has 0 spiro atoms. The van der Waals surface area contributed by atoms with Gasteiger partial charge in [-0.3, -0.25) is 0 Å². The summed E-state index contributed by atoms with van der Waals surface area (Å²) in [6.07, 6.45) is 2.57. The zero-order valence-electron chi connectivity index (χ0n) is 17.3. The monoisotopic (exact) mass is 406 g/mol. The molecule has 0 unspecified atom stereocenters. The molecule has 1 aliphatic heterocycles. The Balaban J connectivity index is 1.34. The number of nitrogens with zero attached hydrogens (tertiary/aromatic N) is 3. The number of hydrogen-bond donors (Lipinski definition) is 1. The van der Waals surface area contributed by atoms with Crippen molar-refractivity contribution in [3.8, 4) is 17.1 Å². The van der Waals surface area contributed by atoms with Gasteiger partial charge in [-0.2, -0.15) is 4.98 Å². The first-order chi connectivity index (χ1) is 14.7. The maximum absolute atomic E-state index is 12.6. The van der Waals surface area contributed by atoms with Crippen LogP contribution in [0.2, 0.25) is 0 Å². The first-order valence-electron chi connectivity index (χ1n) is 10.3. The Morgan fingerprint density at radius 2 is 1.97 bits per heavy atom. The number of aryl methyl sites for hydroxylation is 1. The number of urea groups is 1. The van der Waals surface area contributed by atoms with Crippen LogP contribution in [0.4, 0.5) is 10.5 Å². The van der Waals surface area contributed by atoms with Crippen molar-refractivity contribution in [2.75, 3.05) is 25.5 Å². The van der Waals surface area contributed by atoms with E-state index in [1.54, 1.807) is 7.11 Å². The summed E-state index contributed by atoms with van der Waals surface area (Å²) in [6, 6.07) is 15.5. The first kappa shape index (κ1) is 19.9. The molecule has 1 aliphatic rings. The Bertz CT molecular complexity index is 992. The second-order valence-corrected chi connectivity index (χ2v) is 7.43. The van der Waals surface area contributed by atoms with Gasteiger partial charge in [-0.15, -0.1) is 0 Å². The van der Waals surface area contributed by atoms with Crippen LogP contribution >= 0.6 is 0 Å². The Morgan fingerprint density at radius 3 is 2.67 bits per heavy atom. The summed E-state index contributed by atoms with van der Waals surface area (Å²) in [4.78, 5) is 19.0. The van der Waals surface area contributed by atoms with Gasteiger partial charge in [0.05, 0.1) is 7.11 Å². The zero-order valence-corrected chi connectivity index (χ0v) is 17.3. The van der Waals surface area contributed by atoms with E-state index in [-0.39, 0.29) is 11.9 Å². The lowest BCUT2D eigenvalue weighted by Crippen LogP contribution is -2.40. The van der Waals surface area contributed by atoms with E-state index >= 15 is 0 Å². The number of carbonyl (C=O) groups is 1. The summed E-state index contributed by atoms with van der Waals surface area (Å²) in [5, 5.41) is 7.10. The van der Waals surface area contributed by atoms with Crippen LogP contribution in [0.3, 0.4) is 0 Å². The van der Waals surface area contributed by atoms with Gasteiger partial charge >= 0.3 is 6.03 Å². The van der Waals surface area contributed by atoms with Crippen molar-refractivity contribution < 1.29 is 14.1 Å². The molecule has 0 radical (unpaired) electrons. The quantitative estimate of drug-likeness (QED) is 0.663. The van der Waals surface area contributed by atoms with Crippen LogP contribution in [0.5, 0.6) is 5.75 Å². The molecule has 1 fully saturated rings. The highest BCUT2D eigenvalue weighted by Gasteiger charge is 2.27. The molecule has 0 bridgehead atoms. The fourth-order valence-electron chi connectivity index (χ4n) is 3.64. The predicted octanol–water partition coefficient (Wildman–Crippen LogP) is 4.72. The summed E-state index contributed by atoms with van der Waals surface area (Å²) in [7, 11) is 1.63. The number of nitrogens with one attached hydrogen (secondary N) is 1. The molecule has 2 aromatic carbocycles. The number of carbonyl (C=O) groups excluding carboxylic acids is 1. The molecule has 2 amide bonds. The SMILES string of the molecule is CCc1ccc(NC(=O)N2CCC(c3nc(-c4cccc(OC)c4)no3)CC2)cc1. The van der Waals surface area contributed by atoms with Crippen molar-refractivity contribution >= 4 is 11.7 Å². The van der Waals surface area contributed by atoms with Crippen molar-refractivity contribution in [2.24, 2.45) is 0 Å². The number of likely N-dealkylation sites (tertiary alicyclic amines) is 1. The van der Waals surface area contributed by atoms with Gasteiger partial charge in [0.15, 0.2) is 0 Å². The predicted molar refractivity (Wildman–Crippen MR) is 115 cm³/mol. The summed E-state index contributed by atoms with van der Waals surface area (Å²) < 4.78 is 10.8. The summed E-state index contributed by atoms with van der Waals surface area (Å²) in [5.74, 6) is 2.09. The normalized spacial score (nSPS) is 14.5. The van der Waals surface area contributed by atoms with Crippen molar-refractivity contribution in [2.45, 2.75) is 32.1 Å². The van der Waals surface area contributed by atoms with E-state index in [4.69, 9.17) is 9.26 Å². The van der Waals surface area contributed by atoms with Crippen LogP contribution in [0, 0.1) is 0 Å². The Kier molecular flexibility index (Phi) is 5.97. The average Bonchev–Trinajstić information content (AvgIpc) is 3.30. The maximum atomic E-state index is 12.6. The molecule has 156 valence electrons. The molecule has 3 aromatic rings. The van der Waals surface area contributed by atoms with Crippen LogP contribution in [0.25, 0.3) is 11.4 Å². The molecule has 30 heavy (non-hydrogen) atoms. The van der Waals surface area contributed by atoms with E-state index in [9.17, 15) is 4.79 Å². The summed E-state index contributed by atoms with van der Waals surface area (Å²) in [5.41, 5.74) is 2.93. The van der Waals surface area contributed by atoms with E-state index in [1.165, 1.54) is 5.56 Å². The van der Waals surface area contributed by atoms with Gasteiger partial charge in [-0.05, 0) is 49.1 Å². The third-order valence-electron chi connectivity index (χ3n) is 5.51. The van der Waals surface area contributed by atoms with Crippen molar-refractivity contribution in [3.05, 3.63) is 60.0 Å². The number of amides is 2. The Morgan fingerprint density at radius 1 is 1.20 bits per heavy atom. The average molecular weight is 406 g/mol. The Hall–Kier alpha value is -3.35. The van der Waals surface area contributed by atoms with E-state index in [0.29, 0.717) is 24.8 Å². The molecule has 7 nitrogen and oxygen atoms in total. The largest absolute Gasteiger partial charge is 0.497 e. The highest BCUT2D eigenvalue weighted by atomic mass is 16.5. The first-order valence-corrected chi connectivity index (χ1v) is 10.3. The number of benzene rings is 2. The second-order valence-electron chi connectivity index (χ2n) is 7.43. The van der Waals surface area contributed by atoms with Gasteiger partial charge in [0, 0.05) is 30.3 Å². The lowest BCUT2D eigenvalue weighted by molar-refractivity contribution is 0.187. The molecule has 1 aromatic heterocycles. The van der Waals surface area contributed by atoms with Crippen molar-refractivity contribution in [3.63, 3.8) is 0 Å². The molecule has 7 heteroatoms. The van der Waals surface area contributed by atoms with Crippen LogP contribution in [0.15, 0.2) is 53.1 Å². The smallest absolute Gasteiger partial charge is 0.321 e. The standard InChI is InChI=1S/C23H26N4O3/c1-3-16-7-9-19(10-8-16)24-23(28)27-13-11-17(12-14-27)22-25-21(26-30-22)18-5-4-6-20(15-18)29-2/h4-10,15,17H,3,11-14H2,1-2H3,(H,24,28). The lowest BCUT2D eigenvalue weighted by atomic mass is 9.97. The minimum absolute atomic E-state index is 0.0692. The Labute approximate surface area is 176 Å². The van der Waals surface area contributed by atoms with E-state index in [1.807, 2.05) is 53.4 Å². The maximum Gasteiger partial charge on any atom is 0.321 e. The molecule has 0 saturated carbocycles. The number of ether oxygens (including phenoxy) is 1. The molecular formula is C23H26N4O3. The van der Waals surface area contributed by atoms with Crippen LogP contribution < -0.4 is 10.1 Å². The van der Waals surface area contributed by atoms with Crippen LogP contribution in [-0.4, -0.2) is 41.3 Å². The highest BCUT2D eigenvalue weighted by molar-refractivity contribution is 5.89. The van der Waals surface area contributed by atoms with Gasteiger partial charge in [0.1, 0.15) is 5.75 Å². The molecule has 1 N–H and O–H groups in total. The van der Waals surface area contributed by atoms with Gasteiger partial charge in [-0.1, -0.05) is 36.3 Å². The molecule has 4 rings (SSSR count). The number of anilines is 1. The highest BCUT2D eigenvalue weighted by Crippen LogP contribution is 2.29.